The molecule has 6 heteroatoms. The van der Waals surface area contributed by atoms with Gasteiger partial charge in [-0.2, -0.15) is 0 Å². The summed E-state index contributed by atoms with van der Waals surface area (Å²) in [6, 6.07) is 3.84. The second kappa shape index (κ2) is 7.95. The van der Waals surface area contributed by atoms with E-state index in [0.29, 0.717) is 12.2 Å². The zero-order valence-electron chi connectivity index (χ0n) is 12.5. The number of aromatic nitrogens is 1. The molecule has 0 bridgehead atoms. The molecule has 0 saturated carbocycles. The predicted molar refractivity (Wildman–Crippen MR) is 83.4 cm³/mol. The molecule has 1 aliphatic heterocycles. The number of ether oxygens (including phenoxy) is 1. The highest BCUT2D eigenvalue weighted by molar-refractivity contribution is 5.90. The largest absolute Gasteiger partial charge is 0.380 e. The third kappa shape index (κ3) is 4.68. The van der Waals surface area contributed by atoms with Gasteiger partial charge in [-0.3, -0.25) is 4.79 Å². The standard InChI is InChI=1S/C15H24N4O2/c1-21-13(10-16)9-15(20)18-12-5-6-14(17-11-12)19-7-3-2-4-8-19/h5-6,11,13H,2-4,7-10,16H2,1H3,(H,18,20). The Morgan fingerprint density at radius 1 is 1.43 bits per heavy atom. The molecule has 1 fully saturated rings. The molecule has 1 aliphatic rings. The van der Waals surface area contributed by atoms with E-state index < -0.39 is 0 Å². The van der Waals surface area contributed by atoms with Gasteiger partial charge in [0, 0.05) is 26.7 Å². The maximum atomic E-state index is 11.8. The summed E-state index contributed by atoms with van der Waals surface area (Å²) in [6.45, 7) is 2.45. The lowest BCUT2D eigenvalue weighted by Crippen LogP contribution is -2.30. The number of hydrogen-bond donors (Lipinski definition) is 2. The van der Waals surface area contributed by atoms with E-state index in [1.165, 1.54) is 19.3 Å². The van der Waals surface area contributed by atoms with Gasteiger partial charge in [-0.1, -0.05) is 0 Å². The Morgan fingerprint density at radius 3 is 2.76 bits per heavy atom. The van der Waals surface area contributed by atoms with Gasteiger partial charge < -0.3 is 20.7 Å². The molecule has 1 saturated heterocycles. The normalized spacial score (nSPS) is 16.6. The van der Waals surface area contributed by atoms with E-state index in [-0.39, 0.29) is 18.4 Å². The van der Waals surface area contributed by atoms with Crippen LogP contribution in [0.5, 0.6) is 0 Å². The molecule has 2 heterocycles. The molecular formula is C15H24N4O2. The summed E-state index contributed by atoms with van der Waals surface area (Å²) in [6.07, 6.45) is 5.44. The van der Waals surface area contributed by atoms with Crippen LogP contribution in [0.2, 0.25) is 0 Å². The number of nitrogens with zero attached hydrogens (tertiary/aromatic N) is 2. The quantitative estimate of drug-likeness (QED) is 0.828. The van der Waals surface area contributed by atoms with Gasteiger partial charge in [-0.25, -0.2) is 4.98 Å². The maximum absolute atomic E-state index is 11.8. The van der Waals surface area contributed by atoms with Crippen molar-refractivity contribution >= 4 is 17.4 Å². The minimum Gasteiger partial charge on any atom is -0.380 e. The number of rotatable bonds is 6. The highest BCUT2D eigenvalue weighted by Gasteiger charge is 2.13. The van der Waals surface area contributed by atoms with Gasteiger partial charge in [0.2, 0.25) is 5.91 Å². The van der Waals surface area contributed by atoms with Crippen LogP contribution in [0.1, 0.15) is 25.7 Å². The molecule has 2 rings (SSSR count). The Balaban J connectivity index is 1.88. The van der Waals surface area contributed by atoms with Crippen molar-refractivity contribution in [1.29, 1.82) is 0 Å². The molecule has 1 atom stereocenters. The highest BCUT2D eigenvalue weighted by atomic mass is 16.5. The fraction of sp³-hybridized carbons (Fsp3) is 0.600. The topological polar surface area (TPSA) is 80.5 Å². The summed E-state index contributed by atoms with van der Waals surface area (Å²) >= 11 is 0. The van der Waals surface area contributed by atoms with E-state index in [9.17, 15) is 4.79 Å². The zero-order valence-corrected chi connectivity index (χ0v) is 12.5. The lowest BCUT2D eigenvalue weighted by molar-refractivity contribution is -0.118. The highest BCUT2D eigenvalue weighted by Crippen LogP contribution is 2.19. The van der Waals surface area contributed by atoms with Gasteiger partial charge >= 0.3 is 0 Å². The number of methoxy groups -OCH3 is 1. The Labute approximate surface area is 125 Å². The number of nitrogens with one attached hydrogen (secondary N) is 1. The first-order valence-electron chi connectivity index (χ1n) is 7.46. The molecule has 1 aromatic heterocycles. The maximum Gasteiger partial charge on any atom is 0.227 e. The number of amides is 1. The summed E-state index contributed by atoms with van der Waals surface area (Å²) in [4.78, 5) is 18.6. The van der Waals surface area contributed by atoms with Crippen LogP contribution in [-0.2, 0) is 9.53 Å². The van der Waals surface area contributed by atoms with Crippen molar-refractivity contribution < 1.29 is 9.53 Å². The van der Waals surface area contributed by atoms with Crippen LogP contribution in [0.3, 0.4) is 0 Å². The molecule has 1 unspecified atom stereocenters. The fourth-order valence-corrected chi connectivity index (χ4v) is 2.45. The molecule has 21 heavy (non-hydrogen) atoms. The lowest BCUT2D eigenvalue weighted by Gasteiger charge is -2.27. The van der Waals surface area contributed by atoms with E-state index >= 15 is 0 Å². The molecule has 1 aromatic rings. The number of carbonyl (C=O) groups excluding carboxylic acids is 1. The fourth-order valence-electron chi connectivity index (χ4n) is 2.45. The molecule has 3 N–H and O–H groups in total. The van der Waals surface area contributed by atoms with Gasteiger partial charge in [-0.15, -0.1) is 0 Å². The Morgan fingerprint density at radius 2 is 2.19 bits per heavy atom. The van der Waals surface area contributed by atoms with Gasteiger partial charge in [0.1, 0.15) is 5.82 Å². The monoisotopic (exact) mass is 292 g/mol. The first kappa shape index (κ1) is 15.7. The number of pyridine rings is 1. The van der Waals surface area contributed by atoms with Gasteiger partial charge in [-0.05, 0) is 31.4 Å². The minimum atomic E-state index is -0.245. The SMILES string of the molecule is COC(CN)CC(=O)Nc1ccc(N2CCCCC2)nc1. The second-order valence-electron chi connectivity index (χ2n) is 5.30. The number of nitrogens with two attached hydrogens (primary N) is 1. The van der Waals surface area contributed by atoms with E-state index in [0.717, 1.165) is 18.9 Å². The van der Waals surface area contributed by atoms with Crippen molar-refractivity contribution in [1.82, 2.24) is 4.98 Å². The lowest BCUT2D eigenvalue weighted by atomic mass is 10.1. The van der Waals surface area contributed by atoms with Crippen molar-refractivity contribution in [2.75, 3.05) is 37.0 Å². The van der Waals surface area contributed by atoms with Crippen molar-refractivity contribution in [3.05, 3.63) is 18.3 Å². The Kier molecular flexibility index (Phi) is 5.95. The summed E-state index contributed by atoms with van der Waals surface area (Å²) in [5.74, 6) is 0.865. The summed E-state index contributed by atoms with van der Waals surface area (Å²) in [7, 11) is 1.56. The van der Waals surface area contributed by atoms with E-state index in [2.05, 4.69) is 15.2 Å². The summed E-state index contributed by atoms with van der Waals surface area (Å²) in [5, 5.41) is 2.82. The van der Waals surface area contributed by atoms with Gasteiger partial charge in [0.05, 0.1) is 24.4 Å². The Bertz CT molecular complexity index is 439. The second-order valence-corrected chi connectivity index (χ2v) is 5.30. The van der Waals surface area contributed by atoms with Crippen LogP contribution in [0.15, 0.2) is 18.3 Å². The number of anilines is 2. The third-order valence-corrected chi connectivity index (χ3v) is 3.72. The van der Waals surface area contributed by atoms with E-state index in [1.54, 1.807) is 13.3 Å². The van der Waals surface area contributed by atoms with E-state index in [1.807, 2.05) is 12.1 Å². The van der Waals surface area contributed by atoms with Crippen molar-refractivity contribution in [2.45, 2.75) is 31.8 Å². The van der Waals surface area contributed by atoms with Crippen LogP contribution in [-0.4, -0.2) is 43.7 Å². The molecular weight excluding hydrogens is 268 g/mol. The molecule has 0 spiro atoms. The first-order valence-corrected chi connectivity index (χ1v) is 7.46. The average Bonchev–Trinajstić information content (AvgIpc) is 2.54. The van der Waals surface area contributed by atoms with Crippen LogP contribution >= 0.6 is 0 Å². The van der Waals surface area contributed by atoms with Crippen LogP contribution < -0.4 is 16.0 Å². The van der Waals surface area contributed by atoms with E-state index in [4.69, 9.17) is 10.5 Å². The van der Waals surface area contributed by atoms with Crippen molar-refractivity contribution in [2.24, 2.45) is 5.73 Å². The van der Waals surface area contributed by atoms with Crippen LogP contribution in [0.4, 0.5) is 11.5 Å². The average molecular weight is 292 g/mol. The van der Waals surface area contributed by atoms with Crippen molar-refractivity contribution in [3.8, 4) is 0 Å². The minimum absolute atomic E-state index is 0.111. The zero-order chi connectivity index (χ0) is 15.1. The summed E-state index contributed by atoms with van der Waals surface area (Å²) in [5.41, 5.74) is 6.21. The smallest absolute Gasteiger partial charge is 0.227 e. The predicted octanol–water partition coefficient (Wildman–Crippen LogP) is 1.37. The van der Waals surface area contributed by atoms with Crippen LogP contribution in [0, 0.1) is 0 Å². The molecule has 116 valence electrons. The van der Waals surface area contributed by atoms with Crippen molar-refractivity contribution in [3.63, 3.8) is 0 Å². The molecule has 6 nitrogen and oxygen atoms in total. The van der Waals surface area contributed by atoms with Gasteiger partial charge in [0.15, 0.2) is 0 Å². The molecule has 0 aliphatic carbocycles. The van der Waals surface area contributed by atoms with Crippen LogP contribution in [0.25, 0.3) is 0 Å². The number of hydrogen-bond acceptors (Lipinski definition) is 5. The Hall–Kier alpha value is -1.66. The molecule has 1 amide bonds. The summed E-state index contributed by atoms with van der Waals surface area (Å²) < 4.78 is 5.10. The number of piperidine rings is 1. The first-order chi connectivity index (χ1) is 10.2. The number of carbonyl (C=O) groups is 1. The molecule has 0 radical (unpaired) electrons. The third-order valence-electron chi connectivity index (χ3n) is 3.72. The van der Waals surface area contributed by atoms with Gasteiger partial charge in [0.25, 0.3) is 0 Å². The molecule has 0 aromatic carbocycles.